The topological polar surface area (TPSA) is 40.5 Å². The minimum absolute atomic E-state index is 0.197. The van der Waals surface area contributed by atoms with Crippen LogP contribution in [0.1, 0.15) is 127 Å². The van der Waals surface area contributed by atoms with Gasteiger partial charge in [0, 0.05) is 11.8 Å². The zero-order valence-electron chi connectivity index (χ0n) is 23.9. The van der Waals surface area contributed by atoms with Gasteiger partial charge in [0.05, 0.1) is 0 Å². The van der Waals surface area contributed by atoms with Gasteiger partial charge in [-0.25, -0.2) is 0 Å². The molecular formula is C36H50O2. The zero-order chi connectivity index (χ0) is 26.7. The van der Waals surface area contributed by atoms with E-state index in [1.165, 1.54) is 88.2 Å². The summed E-state index contributed by atoms with van der Waals surface area (Å²) >= 11 is 0. The van der Waals surface area contributed by atoms with Crippen LogP contribution < -0.4 is 0 Å². The highest BCUT2D eigenvalue weighted by atomic mass is 16.3. The van der Waals surface area contributed by atoms with Crippen LogP contribution in [0.2, 0.25) is 0 Å². The number of hydrogen-bond donors (Lipinski definition) is 2. The van der Waals surface area contributed by atoms with Gasteiger partial charge in [-0.2, -0.15) is 0 Å². The highest BCUT2D eigenvalue weighted by Gasteiger charge is 2.26. The maximum Gasteiger partial charge on any atom is 0.115 e. The number of phenolic OH excluding ortho intramolecular Hbond substituents is 2. The van der Waals surface area contributed by atoms with E-state index in [1.807, 2.05) is 24.3 Å². The Bertz CT molecular complexity index is 915. The van der Waals surface area contributed by atoms with Gasteiger partial charge in [-0.1, -0.05) is 127 Å². The van der Waals surface area contributed by atoms with Crippen molar-refractivity contribution in [1.29, 1.82) is 0 Å². The molecule has 2 aromatic carbocycles. The lowest BCUT2D eigenvalue weighted by Gasteiger charge is -2.30. The molecule has 0 heterocycles. The predicted octanol–water partition coefficient (Wildman–Crippen LogP) is 9.96. The Labute approximate surface area is 232 Å². The SMILES string of the molecule is CCCC1CCC(CC(C#CC(CC2CCC(CCC)CC2)c2ccc(O)cc2)c2ccc(O)cc2)CC1. The van der Waals surface area contributed by atoms with Crippen molar-refractivity contribution in [3.05, 3.63) is 59.7 Å². The summed E-state index contributed by atoms with van der Waals surface area (Å²) < 4.78 is 0. The molecular weight excluding hydrogens is 464 g/mol. The summed E-state index contributed by atoms with van der Waals surface area (Å²) in [5.41, 5.74) is 2.46. The second kappa shape index (κ2) is 14.7. The van der Waals surface area contributed by atoms with Crippen molar-refractivity contribution in [1.82, 2.24) is 0 Å². The highest BCUT2D eigenvalue weighted by Crippen LogP contribution is 2.39. The van der Waals surface area contributed by atoms with E-state index in [0.29, 0.717) is 11.5 Å². The Balaban J connectivity index is 1.52. The first kappa shape index (κ1) is 28.6. The van der Waals surface area contributed by atoms with E-state index in [4.69, 9.17) is 0 Å². The Morgan fingerprint density at radius 1 is 0.553 bits per heavy atom. The van der Waals surface area contributed by atoms with E-state index in [0.717, 1.165) is 36.5 Å². The van der Waals surface area contributed by atoms with Gasteiger partial charge in [0.1, 0.15) is 11.5 Å². The van der Waals surface area contributed by atoms with Crippen LogP contribution in [0.4, 0.5) is 0 Å². The molecule has 2 aromatic rings. The summed E-state index contributed by atoms with van der Waals surface area (Å²) in [6.07, 6.45) is 18.3. The van der Waals surface area contributed by atoms with Crippen LogP contribution in [-0.4, -0.2) is 10.2 Å². The molecule has 2 unspecified atom stereocenters. The number of rotatable bonds is 10. The molecule has 2 atom stereocenters. The van der Waals surface area contributed by atoms with Crippen LogP contribution in [0.3, 0.4) is 0 Å². The van der Waals surface area contributed by atoms with Gasteiger partial charge in [0.2, 0.25) is 0 Å². The van der Waals surface area contributed by atoms with Crippen molar-refractivity contribution in [3.8, 4) is 23.3 Å². The van der Waals surface area contributed by atoms with Crippen LogP contribution in [0.5, 0.6) is 11.5 Å². The average Bonchev–Trinajstić information content (AvgIpc) is 2.93. The molecule has 0 radical (unpaired) electrons. The van der Waals surface area contributed by atoms with Crippen LogP contribution in [-0.2, 0) is 0 Å². The molecule has 2 aliphatic carbocycles. The third-order valence-corrected chi connectivity index (χ3v) is 9.49. The number of hydrogen-bond acceptors (Lipinski definition) is 2. The standard InChI is InChI=1S/C36H50O2/c1-3-5-27-7-11-29(12-8-27)25-33(31-17-21-35(37)22-18-31)15-16-34(32-19-23-36(38)24-20-32)26-30-13-9-28(6-4-2)10-14-30/h17-24,27-30,33-34,37-38H,3-14,25-26H2,1-2H3. The molecule has 2 nitrogen and oxygen atoms in total. The lowest BCUT2D eigenvalue weighted by molar-refractivity contribution is 0.247. The average molecular weight is 515 g/mol. The van der Waals surface area contributed by atoms with E-state index in [2.05, 4.69) is 50.0 Å². The number of benzene rings is 2. The Morgan fingerprint density at radius 3 is 1.18 bits per heavy atom. The van der Waals surface area contributed by atoms with E-state index < -0.39 is 0 Å². The summed E-state index contributed by atoms with van der Waals surface area (Å²) in [5, 5.41) is 19.8. The summed E-state index contributed by atoms with van der Waals surface area (Å²) in [4.78, 5) is 0. The third-order valence-electron chi connectivity index (χ3n) is 9.49. The maximum atomic E-state index is 9.91. The van der Waals surface area contributed by atoms with Gasteiger partial charge in [-0.3, -0.25) is 0 Å². The maximum absolute atomic E-state index is 9.91. The van der Waals surface area contributed by atoms with E-state index in [1.54, 1.807) is 0 Å². The first-order chi connectivity index (χ1) is 18.5. The normalized spacial score (nSPS) is 25.2. The fourth-order valence-corrected chi connectivity index (χ4v) is 7.17. The van der Waals surface area contributed by atoms with Crippen LogP contribution >= 0.6 is 0 Å². The Morgan fingerprint density at radius 2 is 0.868 bits per heavy atom. The van der Waals surface area contributed by atoms with Crippen molar-refractivity contribution in [2.45, 2.75) is 116 Å². The summed E-state index contributed by atoms with van der Waals surface area (Å²) in [6.45, 7) is 4.62. The second-order valence-corrected chi connectivity index (χ2v) is 12.4. The van der Waals surface area contributed by atoms with Crippen molar-refractivity contribution in [3.63, 3.8) is 0 Å². The molecule has 2 N–H and O–H groups in total. The van der Waals surface area contributed by atoms with Gasteiger partial charge in [-0.15, -0.1) is 0 Å². The first-order valence-corrected chi connectivity index (χ1v) is 15.6. The first-order valence-electron chi connectivity index (χ1n) is 15.6. The lowest BCUT2D eigenvalue weighted by atomic mass is 9.75. The van der Waals surface area contributed by atoms with Crippen molar-refractivity contribution < 1.29 is 10.2 Å². The fraction of sp³-hybridized carbons (Fsp3) is 0.611. The quantitative estimate of drug-likeness (QED) is 0.310. The molecule has 206 valence electrons. The third kappa shape index (κ3) is 8.56. The Hall–Kier alpha value is -2.40. The molecule has 4 rings (SSSR count). The summed E-state index contributed by atoms with van der Waals surface area (Å²) in [5.74, 6) is 11.9. The Kier molecular flexibility index (Phi) is 11.0. The molecule has 0 aliphatic heterocycles. The minimum atomic E-state index is 0.197. The molecule has 0 amide bonds. The van der Waals surface area contributed by atoms with Gasteiger partial charge >= 0.3 is 0 Å². The van der Waals surface area contributed by atoms with Crippen molar-refractivity contribution >= 4 is 0 Å². The van der Waals surface area contributed by atoms with E-state index >= 15 is 0 Å². The van der Waals surface area contributed by atoms with Crippen molar-refractivity contribution in [2.24, 2.45) is 23.7 Å². The van der Waals surface area contributed by atoms with E-state index in [-0.39, 0.29) is 11.8 Å². The van der Waals surface area contributed by atoms with Crippen LogP contribution in [0, 0.1) is 35.5 Å². The molecule has 0 aromatic heterocycles. The molecule has 38 heavy (non-hydrogen) atoms. The van der Waals surface area contributed by atoms with Crippen molar-refractivity contribution in [2.75, 3.05) is 0 Å². The summed E-state index contributed by atoms with van der Waals surface area (Å²) in [6, 6.07) is 15.5. The molecule has 2 saturated carbocycles. The second-order valence-electron chi connectivity index (χ2n) is 12.4. The molecule has 2 fully saturated rings. The van der Waals surface area contributed by atoms with Gasteiger partial charge in [0.15, 0.2) is 0 Å². The fourth-order valence-electron chi connectivity index (χ4n) is 7.17. The summed E-state index contributed by atoms with van der Waals surface area (Å²) in [7, 11) is 0. The molecule has 0 spiro atoms. The monoisotopic (exact) mass is 514 g/mol. The molecule has 0 bridgehead atoms. The zero-order valence-corrected chi connectivity index (χ0v) is 23.9. The van der Waals surface area contributed by atoms with Crippen LogP contribution in [0.15, 0.2) is 48.5 Å². The molecule has 0 saturated heterocycles. The largest absolute Gasteiger partial charge is 0.508 e. The van der Waals surface area contributed by atoms with Crippen LogP contribution in [0.25, 0.3) is 0 Å². The molecule has 2 aliphatic rings. The highest BCUT2D eigenvalue weighted by molar-refractivity contribution is 5.37. The van der Waals surface area contributed by atoms with E-state index in [9.17, 15) is 10.2 Å². The number of phenols is 2. The predicted molar refractivity (Wildman–Crippen MR) is 159 cm³/mol. The van der Waals surface area contributed by atoms with Gasteiger partial charge < -0.3 is 10.2 Å². The lowest BCUT2D eigenvalue weighted by Crippen LogP contribution is -2.17. The smallest absolute Gasteiger partial charge is 0.115 e. The minimum Gasteiger partial charge on any atom is -0.508 e. The number of aromatic hydroxyl groups is 2. The van der Waals surface area contributed by atoms with Gasteiger partial charge in [0.25, 0.3) is 0 Å². The molecule has 2 heteroatoms. The van der Waals surface area contributed by atoms with Gasteiger partial charge in [-0.05, 0) is 71.9 Å².